The summed E-state index contributed by atoms with van der Waals surface area (Å²) < 4.78 is 7.84. The molecule has 3 heterocycles. The second kappa shape index (κ2) is 9.58. The first-order valence-corrected chi connectivity index (χ1v) is 17.1. The van der Waals surface area contributed by atoms with Gasteiger partial charge in [-0.2, -0.15) is 0 Å². The van der Waals surface area contributed by atoms with Gasteiger partial charge < -0.3 is 0 Å². The van der Waals surface area contributed by atoms with E-state index in [1.54, 1.807) is 0 Å². The van der Waals surface area contributed by atoms with E-state index < -0.39 is 0 Å². The molecule has 0 saturated heterocycles. The summed E-state index contributed by atoms with van der Waals surface area (Å²) >= 11 is 0.267. The molecule has 0 saturated carbocycles. The van der Waals surface area contributed by atoms with E-state index >= 15 is 0 Å². The quantitative estimate of drug-likeness (QED) is 0.171. The van der Waals surface area contributed by atoms with Gasteiger partial charge in [-0.3, -0.25) is 0 Å². The van der Waals surface area contributed by atoms with Crippen molar-refractivity contribution in [1.82, 2.24) is 9.13 Å². The monoisotopic (exact) mass is 638 g/mol. The molecule has 0 bridgehead atoms. The standard InChI is InChI=1S/C42H26N2Se/c1-2-11-27(12-3-1)28-21-24-40-34(25-28)42-38(19-10-20-41(42)45-40)44-37-18-9-6-15-32(37)33-23-22-29(26-39(33)44)43-35-16-7-4-13-30(35)31-14-5-8-17-36(31)43/h1-26H. The number of aromatic nitrogens is 2. The molecule has 0 unspecified atom stereocenters. The minimum absolute atomic E-state index is 0.267. The first-order chi connectivity index (χ1) is 22.3. The number of hydrogen-bond donors (Lipinski definition) is 0. The third-order valence-electron chi connectivity index (χ3n) is 9.32. The Hall–Kier alpha value is -5.34. The summed E-state index contributed by atoms with van der Waals surface area (Å²) in [5.74, 6) is 0. The summed E-state index contributed by atoms with van der Waals surface area (Å²) in [6, 6.07) is 58.1. The van der Waals surface area contributed by atoms with Crippen LogP contribution in [0, 0.1) is 0 Å². The molecule has 3 heteroatoms. The second-order valence-corrected chi connectivity index (χ2v) is 14.0. The van der Waals surface area contributed by atoms with Crippen LogP contribution in [0.25, 0.3) is 85.4 Å². The predicted molar refractivity (Wildman–Crippen MR) is 193 cm³/mol. The van der Waals surface area contributed by atoms with Gasteiger partial charge in [0.2, 0.25) is 0 Å². The van der Waals surface area contributed by atoms with Gasteiger partial charge in [-0.1, -0.05) is 0 Å². The SMILES string of the molecule is c1ccc(-c2ccc3[se]c4cccc(-n5c6ccccc6c6ccc(-n7c8ccccc8c8ccccc87)cc65)c4c3c2)cc1. The van der Waals surface area contributed by atoms with Gasteiger partial charge in [0.25, 0.3) is 0 Å². The molecule has 45 heavy (non-hydrogen) atoms. The zero-order chi connectivity index (χ0) is 29.5. The molecule has 10 aromatic rings. The van der Waals surface area contributed by atoms with E-state index in [1.165, 1.54) is 85.4 Å². The van der Waals surface area contributed by atoms with Crippen molar-refractivity contribution in [3.8, 4) is 22.5 Å². The molecule has 0 fully saturated rings. The summed E-state index contributed by atoms with van der Waals surface area (Å²) in [7, 11) is 0. The molecular formula is C42H26N2Se. The van der Waals surface area contributed by atoms with Crippen LogP contribution >= 0.6 is 0 Å². The Morgan fingerprint density at radius 2 is 0.978 bits per heavy atom. The fraction of sp³-hybridized carbons (Fsp3) is 0. The van der Waals surface area contributed by atoms with Crippen molar-refractivity contribution in [2.24, 2.45) is 0 Å². The Bertz CT molecular complexity index is 2710. The van der Waals surface area contributed by atoms with E-state index in [4.69, 9.17) is 0 Å². The molecule has 10 rings (SSSR count). The van der Waals surface area contributed by atoms with E-state index in [0.29, 0.717) is 0 Å². The minimum atomic E-state index is 0.267. The van der Waals surface area contributed by atoms with Gasteiger partial charge in [0.1, 0.15) is 0 Å². The van der Waals surface area contributed by atoms with Crippen LogP contribution < -0.4 is 0 Å². The van der Waals surface area contributed by atoms with Crippen molar-refractivity contribution in [1.29, 1.82) is 0 Å². The van der Waals surface area contributed by atoms with Crippen LogP contribution in [0.2, 0.25) is 0 Å². The van der Waals surface area contributed by atoms with Crippen LogP contribution in [-0.2, 0) is 0 Å². The molecule has 0 radical (unpaired) electrons. The maximum atomic E-state index is 2.52. The van der Waals surface area contributed by atoms with Crippen LogP contribution in [0.4, 0.5) is 0 Å². The molecule has 0 atom stereocenters. The third kappa shape index (κ3) is 3.63. The molecule has 2 nitrogen and oxygen atoms in total. The van der Waals surface area contributed by atoms with E-state index in [9.17, 15) is 0 Å². The zero-order valence-corrected chi connectivity index (χ0v) is 26.0. The average Bonchev–Trinajstić information content (AvgIpc) is 3.76. The number of rotatable bonds is 3. The number of para-hydroxylation sites is 3. The molecule has 0 amide bonds. The second-order valence-electron chi connectivity index (χ2n) is 11.8. The Morgan fingerprint density at radius 1 is 0.356 bits per heavy atom. The van der Waals surface area contributed by atoms with E-state index in [2.05, 4.69) is 167 Å². The topological polar surface area (TPSA) is 9.86 Å². The third-order valence-corrected chi connectivity index (χ3v) is 11.7. The number of benzene rings is 7. The number of fused-ring (bicyclic) bond motifs is 9. The van der Waals surface area contributed by atoms with Crippen molar-refractivity contribution in [2.45, 2.75) is 0 Å². The first-order valence-electron chi connectivity index (χ1n) is 15.4. The predicted octanol–water partition coefficient (Wildman–Crippen LogP) is 10.9. The van der Waals surface area contributed by atoms with Gasteiger partial charge in [-0.25, -0.2) is 0 Å². The molecule has 0 aliphatic rings. The zero-order valence-electron chi connectivity index (χ0n) is 24.3. The van der Waals surface area contributed by atoms with Gasteiger partial charge in [0.15, 0.2) is 0 Å². The van der Waals surface area contributed by atoms with Crippen molar-refractivity contribution < 1.29 is 0 Å². The number of hydrogen-bond acceptors (Lipinski definition) is 0. The van der Waals surface area contributed by atoms with Gasteiger partial charge in [-0.05, 0) is 0 Å². The van der Waals surface area contributed by atoms with Crippen molar-refractivity contribution in [3.63, 3.8) is 0 Å². The van der Waals surface area contributed by atoms with Crippen LogP contribution in [0.3, 0.4) is 0 Å². The molecule has 0 aliphatic carbocycles. The fourth-order valence-corrected chi connectivity index (χ4v) is 9.69. The molecule has 0 spiro atoms. The van der Waals surface area contributed by atoms with Gasteiger partial charge in [0, 0.05) is 0 Å². The Kier molecular flexibility index (Phi) is 5.33. The molecule has 7 aromatic carbocycles. The summed E-state index contributed by atoms with van der Waals surface area (Å²) in [6.45, 7) is 0. The summed E-state index contributed by atoms with van der Waals surface area (Å²) in [5, 5.41) is 7.85. The normalized spacial score (nSPS) is 12.0. The molecule has 3 aromatic heterocycles. The van der Waals surface area contributed by atoms with Crippen LogP contribution in [0.1, 0.15) is 0 Å². The van der Waals surface area contributed by atoms with Crippen molar-refractivity contribution in [2.75, 3.05) is 0 Å². The van der Waals surface area contributed by atoms with Crippen LogP contribution in [0.5, 0.6) is 0 Å². The Labute approximate surface area is 265 Å². The first kappa shape index (κ1) is 25.0. The van der Waals surface area contributed by atoms with Gasteiger partial charge in [-0.15, -0.1) is 0 Å². The van der Waals surface area contributed by atoms with Crippen molar-refractivity contribution >= 4 is 77.4 Å². The van der Waals surface area contributed by atoms with Gasteiger partial charge in [0.05, 0.1) is 0 Å². The van der Waals surface area contributed by atoms with Crippen LogP contribution in [-0.4, -0.2) is 23.6 Å². The molecule has 210 valence electrons. The summed E-state index contributed by atoms with van der Waals surface area (Å²) in [5.41, 5.74) is 9.87. The van der Waals surface area contributed by atoms with Crippen molar-refractivity contribution in [3.05, 3.63) is 158 Å². The molecular weight excluding hydrogens is 611 g/mol. The fourth-order valence-electron chi connectivity index (χ4n) is 7.36. The van der Waals surface area contributed by atoms with Gasteiger partial charge >= 0.3 is 267 Å². The van der Waals surface area contributed by atoms with E-state index in [1.807, 2.05) is 0 Å². The summed E-state index contributed by atoms with van der Waals surface area (Å²) in [4.78, 5) is 0. The summed E-state index contributed by atoms with van der Waals surface area (Å²) in [6.07, 6.45) is 0. The van der Waals surface area contributed by atoms with E-state index in [-0.39, 0.29) is 14.5 Å². The molecule has 0 N–H and O–H groups in total. The number of nitrogens with zero attached hydrogens (tertiary/aromatic N) is 2. The van der Waals surface area contributed by atoms with E-state index in [0.717, 1.165) is 0 Å². The average molecular weight is 638 g/mol. The Morgan fingerprint density at radius 3 is 1.69 bits per heavy atom. The maximum absolute atomic E-state index is 2.52. The molecule has 0 aliphatic heterocycles. The van der Waals surface area contributed by atoms with Crippen LogP contribution in [0.15, 0.2) is 158 Å². The Balaban J connectivity index is 1.30.